The van der Waals surface area contributed by atoms with Gasteiger partial charge in [-0.25, -0.2) is 9.78 Å². The Kier molecular flexibility index (Phi) is 5.23. The Labute approximate surface area is 211 Å². The van der Waals surface area contributed by atoms with Crippen LogP contribution in [0.3, 0.4) is 0 Å². The van der Waals surface area contributed by atoms with Gasteiger partial charge in [0.1, 0.15) is 23.0 Å². The molecule has 0 radical (unpaired) electrons. The maximum absolute atomic E-state index is 13.3. The highest BCUT2D eigenvalue weighted by Crippen LogP contribution is 2.36. The summed E-state index contributed by atoms with van der Waals surface area (Å²) in [4.78, 5) is 32.0. The molecule has 0 saturated carbocycles. The van der Waals surface area contributed by atoms with Crippen molar-refractivity contribution >= 4 is 29.2 Å². The van der Waals surface area contributed by atoms with Gasteiger partial charge in [0.2, 0.25) is 5.76 Å². The normalized spacial score (nSPS) is 14.8. The zero-order chi connectivity index (χ0) is 25.0. The van der Waals surface area contributed by atoms with Gasteiger partial charge in [0.15, 0.2) is 5.76 Å². The summed E-state index contributed by atoms with van der Waals surface area (Å²) in [5.74, 6) is -0.711. The molecule has 0 fully saturated rings. The predicted molar refractivity (Wildman–Crippen MR) is 129 cm³/mol. The number of halogens is 2. The lowest BCUT2D eigenvalue weighted by molar-refractivity contribution is 0.0663. The van der Waals surface area contributed by atoms with E-state index in [4.69, 9.17) is 32.7 Å². The number of aromatic nitrogens is 7. The molecule has 0 amide bonds. The SMILES string of the molecule is O=C(O)c1ccc(-c2nc([C@@H]3CCc4cc(-c5cc(Cl)ccc5-n5cnnn5)cc(=O)n43)[nH]c2Cl)o1. The number of fused-ring (bicyclic) bond motifs is 1. The van der Waals surface area contributed by atoms with Crippen molar-refractivity contribution in [3.05, 3.63) is 86.6 Å². The molecule has 36 heavy (non-hydrogen) atoms. The molecule has 5 aromatic rings. The summed E-state index contributed by atoms with van der Waals surface area (Å²) < 4.78 is 8.52. The zero-order valence-electron chi connectivity index (χ0n) is 18.2. The van der Waals surface area contributed by atoms with Crippen molar-refractivity contribution in [1.29, 1.82) is 0 Å². The van der Waals surface area contributed by atoms with E-state index in [-0.39, 0.29) is 34.0 Å². The van der Waals surface area contributed by atoms with Gasteiger partial charge in [-0.3, -0.25) is 4.79 Å². The number of carbonyl (C=O) groups is 1. The molecule has 0 spiro atoms. The van der Waals surface area contributed by atoms with Crippen molar-refractivity contribution in [1.82, 2.24) is 34.7 Å². The lowest BCUT2D eigenvalue weighted by Gasteiger charge is -2.14. The summed E-state index contributed by atoms with van der Waals surface area (Å²) in [5, 5.41) is 21.2. The molecule has 13 heteroatoms. The minimum atomic E-state index is -1.19. The third kappa shape index (κ3) is 3.69. The van der Waals surface area contributed by atoms with Gasteiger partial charge in [-0.05, 0) is 65.2 Å². The van der Waals surface area contributed by atoms with Crippen molar-refractivity contribution in [3.63, 3.8) is 0 Å². The Bertz CT molecular complexity index is 1690. The number of nitrogens with one attached hydrogen (secondary N) is 1. The molecular formula is C23H15Cl2N7O4. The van der Waals surface area contributed by atoms with Crippen molar-refractivity contribution in [2.45, 2.75) is 18.9 Å². The highest BCUT2D eigenvalue weighted by Gasteiger charge is 2.29. The second-order valence-electron chi connectivity index (χ2n) is 8.17. The van der Waals surface area contributed by atoms with Crippen LogP contribution in [0.1, 0.15) is 34.5 Å². The fourth-order valence-electron chi connectivity index (χ4n) is 4.49. The van der Waals surface area contributed by atoms with Crippen LogP contribution >= 0.6 is 23.2 Å². The Morgan fingerprint density at radius 3 is 2.78 bits per heavy atom. The van der Waals surface area contributed by atoms with Crippen molar-refractivity contribution in [2.24, 2.45) is 0 Å². The molecule has 1 aliphatic heterocycles. The van der Waals surface area contributed by atoms with Gasteiger partial charge in [-0.1, -0.05) is 23.2 Å². The summed E-state index contributed by atoms with van der Waals surface area (Å²) in [6.45, 7) is 0. The first-order valence-corrected chi connectivity index (χ1v) is 11.5. The van der Waals surface area contributed by atoms with Crippen LogP contribution < -0.4 is 5.56 Å². The largest absolute Gasteiger partial charge is 0.475 e. The van der Waals surface area contributed by atoms with Gasteiger partial charge in [0.25, 0.3) is 5.56 Å². The summed E-state index contributed by atoms with van der Waals surface area (Å²) >= 11 is 12.6. The smallest absolute Gasteiger partial charge is 0.371 e. The lowest BCUT2D eigenvalue weighted by Crippen LogP contribution is -2.24. The zero-order valence-corrected chi connectivity index (χ0v) is 19.7. The van der Waals surface area contributed by atoms with Crippen LogP contribution in [-0.2, 0) is 6.42 Å². The number of furan rings is 1. The monoisotopic (exact) mass is 523 g/mol. The average Bonchev–Trinajstić information content (AvgIpc) is 3.64. The van der Waals surface area contributed by atoms with E-state index in [2.05, 4.69) is 25.5 Å². The Morgan fingerprint density at radius 2 is 2.03 bits per heavy atom. The molecule has 180 valence electrons. The minimum absolute atomic E-state index is 0.194. The molecular weight excluding hydrogens is 509 g/mol. The first-order chi connectivity index (χ1) is 17.4. The van der Waals surface area contributed by atoms with E-state index in [1.165, 1.54) is 23.1 Å². The van der Waals surface area contributed by atoms with Crippen molar-refractivity contribution < 1.29 is 14.3 Å². The van der Waals surface area contributed by atoms with E-state index >= 15 is 0 Å². The number of imidazole rings is 1. The van der Waals surface area contributed by atoms with E-state index in [0.717, 1.165) is 5.69 Å². The van der Waals surface area contributed by atoms with Crippen LogP contribution in [0.2, 0.25) is 10.2 Å². The number of H-pyrrole nitrogens is 1. The number of nitrogens with zero attached hydrogens (tertiary/aromatic N) is 6. The highest BCUT2D eigenvalue weighted by molar-refractivity contribution is 6.32. The van der Waals surface area contributed by atoms with Crippen LogP contribution in [-0.4, -0.2) is 45.8 Å². The molecule has 1 aliphatic rings. The Balaban J connectivity index is 1.39. The quantitative estimate of drug-likeness (QED) is 0.351. The van der Waals surface area contributed by atoms with Crippen LogP contribution in [0, 0.1) is 0 Å². The van der Waals surface area contributed by atoms with Crippen LogP contribution in [0.4, 0.5) is 0 Å². The maximum Gasteiger partial charge on any atom is 0.371 e. The number of carboxylic acid groups (broad SMARTS) is 1. The van der Waals surface area contributed by atoms with E-state index in [1.54, 1.807) is 28.8 Å². The highest BCUT2D eigenvalue weighted by atomic mass is 35.5. The molecule has 0 saturated heterocycles. The number of hydrogen-bond donors (Lipinski definition) is 2. The number of benzene rings is 1. The van der Waals surface area contributed by atoms with Gasteiger partial charge in [0.05, 0.1) is 11.7 Å². The van der Waals surface area contributed by atoms with Gasteiger partial charge in [-0.2, -0.15) is 4.68 Å². The number of aryl methyl sites for hydroxylation is 1. The number of hydrogen-bond acceptors (Lipinski definition) is 7. The van der Waals surface area contributed by atoms with Crippen LogP contribution in [0.25, 0.3) is 28.3 Å². The predicted octanol–water partition coefficient (Wildman–Crippen LogP) is 4.01. The standard InChI is InChI=1S/C23H15Cl2N7O4/c24-12-1-3-15(31-10-26-29-30-31)14(9-12)11-7-13-2-4-16(32(13)19(33)8-11)22-27-20(21(25)28-22)17-5-6-18(36-17)23(34)35/h1,3,5-10,16H,2,4H2,(H,27,28)(H,34,35)/t16-/m0/s1. The first kappa shape index (κ1) is 22.3. The third-order valence-corrected chi connectivity index (χ3v) is 6.55. The fraction of sp³-hybridized carbons (Fsp3) is 0.130. The summed E-state index contributed by atoms with van der Waals surface area (Å²) in [6.07, 6.45) is 2.72. The van der Waals surface area contributed by atoms with Crippen LogP contribution in [0.5, 0.6) is 0 Å². The molecule has 0 aliphatic carbocycles. The van der Waals surface area contributed by atoms with Crippen LogP contribution in [0.15, 0.2) is 58.0 Å². The summed E-state index contributed by atoms with van der Waals surface area (Å²) in [7, 11) is 0. The molecule has 0 bridgehead atoms. The topological polar surface area (TPSA) is 145 Å². The van der Waals surface area contributed by atoms with Crippen molar-refractivity contribution in [2.75, 3.05) is 0 Å². The molecule has 11 nitrogen and oxygen atoms in total. The summed E-state index contributed by atoms with van der Waals surface area (Å²) in [5.41, 5.74) is 2.98. The lowest BCUT2D eigenvalue weighted by atomic mass is 10.0. The second kappa shape index (κ2) is 8.47. The number of tetrazole rings is 1. The van der Waals surface area contributed by atoms with Gasteiger partial charge in [-0.15, -0.1) is 5.10 Å². The van der Waals surface area contributed by atoms with Gasteiger partial charge < -0.3 is 19.1 Å². The number of carboxylic acids is 1. The Hall–Kier alpha value is -4.22. The molecule has 5 heterocycles. The number of pyridine rings is 1. The molecule has 6 rings (SSSR count). The van der Waals surface area contributed by atoms with E-state index in [0.29, 0.717) is 40.5 Å². The van der Waals surface area contributed by atoms with Gasteiger partial charge in [0, 0.05) is 22.3 Å². The summed E-state index contributed by atoms with van der Waals surface area (Å²) in [6, 6.07) is 11.2. The Morgan fingerprint density at radius 1 is 1.17 bits per heavy atom. The molecule has 4 aromatic heterocycles. The average molecular weight is 524 g/mol. The van der Waals surface area contributed by atoms with E-state index in [1.807, 2.05) is 6.07 Å². The third-order valence-electron chi connectivity index (χ3n) is 6.04. The van der Waals surface area contributed by atoms with E-state index < -0.39 is 5.97 Å². The molecule has 1 aromatic carbocycles. The first-order valence-electron chi connectivity index (χ1n) is 10.8. The molecule has 1 atom stereocenters. The second-order valence-corrected chi connectivity index (χ2v) is 8.98. The minimum Gasteiger partial charge on any atom is -0.475 e. The molecule has 2 N–H and O–H groups in total. The number of aromatic amines is 1. The van der Waals surface area contributed by atoms with E-state index in [9.17, 15) is 9.59 Å². The van der Waals surface area contributed by atoms with Gasteiger partial charge >= 0.3 is 5.97 Å². The van der Waals surface area contributed by atoms with Crippen molar-refractivity contribution in [3.8, 4) is 28.3 Å². The molecule has 0 unspecified atom stereocenters. The maximum atomic E-state index is 13.3. The number of aromatic carboxylic acids is 1. The fourth-order valence-corrected chi connectivity index (χ4v) is 4.89. The number of rotatable bonds is 5.